The van der Waals surface area contributed by atoms with Gasteiger partial charge < -0.3 is 20.1 Å². The predicted molar refractivity (Wildman–Crippen MR) is 113 cm³/mol. The highest BCUT2D eigenvalue weighted by molar-refractivity contribution is 6.22. The molecule has 2 aromatic rings. The number of carbonyl (C=O) groups is 2. The van der Waals surface area contributed by atoms with Crippen LogP contribution in [0.2, 0.25) is 0 Å². The number of hydrogen-bond donors (Lipinski definition) is 3. The Hall–Kier alpha value is -3.41. The molecular formula is C23H21FN2O8. The zero-order valence-electron chi connectivity index (χ0n) is 17.7. The minimum Gasteiger partial charge on any atom is -0.505 e. The standard InChI is InChI=1S/C23H21FN2O8/c24-17-6-11(4-5-18(17)28)19-9-16-20-15(7-12(10-27)23(16,31)34-19)21(29)25(22(20)30)13-2-1-3-14(8-13)26(32)33/h1-6,8,12,15-16,19-20,27-28,31H,7,9-10H2/t12-,15+,16+,19+,20+,23-/m1/s1. The second-order valence-electron chi connectivity index (χ2n) is 8.95. The van der Waals surface area contributed by atoms with Gasteiger partial charge >= 0.3 is 0 Å². The largest absolute Gasteiger partial charge is 0.505 e. The van der Waals surface area contributed by atoms with E-state index in [1.165, 1.54) is 24.3 Å². The number of anilines is 1. The van der Waals surface area contributed by atoms with E-state index < -0.39 is 70.5 Å². The zero-order chi connectivity index (χ0) is 24.4. The van der Waals surface area contributed by atoms with Crippen molar-refractivity contribution in [2.45, 2.75) is 24.7 Å². The van der Waals surface area contributed by atoms with E-state index in [0.29, 0.717) is 5.56 Å². The molecule has 2 aliphatic heterocycles. The summed E-state index contributed by atoms with van der Waals surface area (Å²) in [6.07, 6.45) is -0.797. The quantitative estimate of drug-likeness (QED) is 0.347. The molecule has 6 atom stereocenters. The van der Waals surface area contributed by atoms with Crippen molar-refractivity contribution in [1.29, 1.82) is 0 Å². The molecule has 2 heterocycles. The van der Waals surface area contributed by atoms with E-state index in [9.17, 15) is 39.4 Å². The maximum Gasteiger partial charge on any atom is 0.271 e. The summed E-state index contributed by atoms with van der Waals surface area (Å²) in [5, 5.41) is 42.1. The SMILES string of the molecule is O=C1[C@H]2[C@H](C[C@H](CO)[C@@]3(O)O[C@H](c4ccc(O)c(F)c4)C[C@@H]23)C(=O)N1c1cccc([N+](=O)[O-])c1. The molecule has 5 rings (SSSR count). The third kappa shape index (κ3) is 3.19. The first-order valence-corrected chi connectivity index (χ1v) is 10.8. The maximum absolute atomic E-state index is 13.9. The molecule has 2 aromatic carbocycles. The number of aliphatic hydroxyl groups excluding tert-OH is 1. The molecule has 10 nitrogen and oxygen atoms in total. The Morgan fingerprint density at radius 1 is 1.18 bits per heavy atom. The minimum atomic E-state index is -1.94. The van der Waals surface area contributed by atoms with Crippen LogP contribution >= 0.6 is 0 Å². The highest BCUT2D eigenvalue weighted by Crippen LogP contribution is 2.58. The van der Waals surface area contributed by atoms with Gasteiger partial charge in [0.1, 0.15) is 0 Å². The lowest BCUT2D eigenvalue weighted by Crippen LogP contribution is -2.54. The van der Waals surface area contributed by atoms with Crippen molar-refractivity contribution >= 4 is 23.2 Å². The fraction of sp³-hybridized carbons (Fsp3) is 0.391. The van der Waals surface area contributed by atoms with Crippen LogP contribution in [0.4, 0.5) is 15.8 Å². The number of amides is 2. The average Bonchev–Trinajstić information content (AvgIpc) is 3.29. The van der Waals surface area contributed by atoms with Gasteiger partial charge in [-0.3, -0.25) is 19.7 Å². The first kappa shape index (κ1) is 22.4. The Morgan fingerprint density at radius 3 is 2.62 bits per heavy atom. The Labute approximate surface area is 192 Å². The number of ether oxygens (including phenoxy) is 1. The Kier molecular flexibility index (Phi) is 5.15. The summed E-state index contributed by atoms with van der Waals surface area (Å²) in [6.45, 7) is -0.509. The number of benzene rings is 2. The Bertz CT molecular complexity index is 1210. The van der Waals surface area contributed by atoms with Crippen molar-refractivity contribution in [2.75, 3.05) is 11.5 Å². The molecule has 0 unspecified atom stereocenters. The minimum absolute atomic E-state index is 0.0270. The molecule has 0 bridgehead atoms. The number of hydrogen-bond acceptors (Lipinski definition) is 8. The molecule has 2 amide bonds. The topological polar surface area (TPSA) is 150 Å². The number of carbonyl (C=O) groups excluding carboxylic acids is 2. The van der Waals surface area contributed by atoms with Crippen LogP contribution in [0.3, 0.4) is 0 Å². The zero-order valence-corrected chi connectivity index (χ0v) is 17.7. The highest BCUT2D eigenvalue weighted by Gasteiger charge is 2.66. The molecule has 11 heteroatoms. The van der Waals surface area contributed by atoms with E-state index in [2.05, 4.69) is 0 Å². The number of nitro benzene ring substituents is 1. The molecule has 0 spiro atoms. The third-order valence-corrected chi connectivity index (χ3v) is 7.23. The fourth-order valence-corrected chi connectivity index (χ4v) is 5.62. The second-order valence-corrected chi connectivity index (χ2v) is 8.95. The van der Waals surface area contributed by atoms with E-state index in [-0.39, 0.29) is 24.2 Å². The summed E-state index contributed by atoms with van der Waals surface area (Å²) in [7, 11) is 0. The summed E-state index contributed by atoms with van der Waals surface area (Å²) in [5.41, 5.74) is 0.105. The molecule has 178 valence electrons. The predicted octanol–water partition coefficient (Wildman–Crippen LogP) is 2.02. The van der Waals surface area contributed by atoms with Crippen LogP contribution < -0.4 is 4.90 Å². The Morgan fingerprint density at radius 2 is 1.94 bits per heavy atom. The summed E-state index contributed by atoms with van der Waals surface area (Å²) in [5.74, 6) is -8.13. The smallest absolute Gasteiger partial charge is 0.271 e. The lowest BCUT2D eigenvalue weighted by Gasteiger charge is -2.44. The molecule has 1 saturated carbocycles. The summed E-state index contributed by atoms with van der Waals surface area (Å²) in [4.78, 5) is 38.2. The molecule has 0 radical (unpaired) electrons. The molecule has 1 aliphatic carbocycles. The van der Waals surface area contributed by atoms with Crippen LogP contribution in [-0.2, 0) is 14.3 Å². The second kappa shape index (κ2) is 7.83. The van der Waals surface area contributed by atoms with Gasteiger partial charge in [0, 0.05) is 24.0 Å². The summed E-state index contributed by atoms with van der Waals surface area (Å²) < 4.78 is 19.8. The van der Waals surface area contributed by atoms with E-state index in [4.69, 9.17) is 4.74 Å². The van der Waals surface area contributed by atoms with Gasteiger partial charge in [0.05, 0.1) is 35.2 Å². The third-order valence-electron chi connectivity index (χ3n) is 7.23. The number of phenolic OH excluding ortho intramolecular Hbond substituents is 1. The number of imide groups is 1. The number of aromatic hydroxyl groups is 1. The normalized spacial score (nSPS) is 32.6. The van der Waals surface area contributed by atoms with Gasteiger partial charge in [-0.25, -0.2) is 9.29 Å². The van der Waals surface area contributed by atoms with E-state index in [1.807, 2.05) is 0 Å². The van der Waals surface area contributed by atoms with Gasteiger partial charge in [0.15, 0.2) is 17.4 Å². The maximum atomic E-state index is 13.9. The van der Waals surface area contributed by atoms with Gasteiger partial charge in [-0.2, -0.15) is 0 Å². The first-order valence-electron chi connectivity index (χ1n) is 10.8. The van der Waals surface area contributed by atoms with Crippen molar-refractivity contribution in [3.63, 3.8) is 0 Å². The molecule has 34 heavy (non-hydrogen) atoms. The monoisotopic (exact) mass is 472 g/mol. The number of rotatable bonds is 4. The average molecular weight is 472 g/mol. The summed E-state index contributed by atoms with van der Waals surface area (Å²) in [6, 6.07) is 8.83. The molecule has 3 N–H and O–H groups in total. The van der Waals surface area contributed by atoms with Crippen molar-refractivity contribution in [1.82, 2.24) is 0 Å². The number of halogens is 1. The van der Waals surface area contributed by atoms with E-state index in [0.717, 1.165) is 23.1 Å². The number of nitro groups is 1. The lowest BCUT2D eigenvalue weighted by molar-refractivity contribution is -0.384. The van der Waals surface area contributed by atoms with Gasteiger partial charge in [-0.15, -0.1) is 0 Å². The van der Waals surface area contributed by atoms with Gasteiger partial charge in [0.2, 0.25) is 11.8 Å². The lowest BCUT2D eigenvalue weighted by atomic mass is 9.64. The number of fused-ring (bicyclic) bond motifs is 3. The van der Waals surface area contributed by atoms with Crippen molar-refractivity contribution < 1.29 is 39.0 Å². The van der Waals surface area contributed by atoms with Gasteiger partial charge in [-0.05, 0) is 36.6 Å². The fourth-order valence-electron chi connectivity index (χ4n) is 5.62. The van der Waals surface area contributed by atoms with Crippen LogP contribution in [0.15, 0.2) is 42.5 Å². The van der Waals surface area contributed by atoms with Crippen molar-refractivity contribution in [3.05, 3.63) is 64.0 Å². The summed E-state index contributed by atoms with van der Waals surface area (Å²) >= 11 is 0. The number of nitrogens with zero attached hydrogens (tertiary/aromatic N) is 2. The van der Waals surface area contributed by atoms with Crippen molar-refractivity contribution in [2.24, 2.45) is 23.7 Å². The van der Waals surface area contributed by atoms with Crippen LogP contribution in [0, 0.1) is 39.6 Å². The Balaban J connectivity index is 1.52. The molecule has 3 aliphatic rings. The molecule has 3 fully saturated rings. The van der Waals surface area contributed by atoms with Crippen LogP contribution in [-0.4, -0.2) is 44.5 Å². The van der Waals surface area contributed by atoms with Crippen LogP contribution in [0.5, 0.6) is 5.75 Å². The van der Waals surface area contributed by atoms with Gasteiger partial charge in [0.25, 0.3) is 5.69 Å². The van der Waals surface area contributed by atoms with E-state index >= 15 is 0 Å². The first-order chi connectivity index (χ1) is 16.2. The van der Waals surface area contributed by atoms with Crippen molar-refractivity contribution in [3.8, 4) is 5.75 Å². The van der Waals surface area contributed by atoms with Crippen LogP contribution in [0.1, 0.15) is 24.5 Å². The highest BCUT2D eigenvalue weighted by atomic mass is 19.1. The van der Waals surface area contributed by atoms with Crippen LogP contribution in [0.25, 0.3) is 0 Å². The number of non-ortho nitro benzene ring substituents is 1. The van der Waals surface area contributed by atoms with E-state index in [1.54, 1.807) is 0 Å². The number of aliphatic hydroxyl groups is 2. The molecular weight excluding hydrogens is 451 g/mol. The molecule has 0 aromatic heterocycles. The molecule has 2 saturated heterocycles. The number of phenols is 1. The van der Waals surface area contributed by atoms with Gasteiger partial charge in [-0.1, -0.05) is 12.1 Å².